The van der Waals surface area contributed by atoms with E-state index in [9.17, 15) is 14.7 Å². The summed E-state index contributed by atoms with van der Waals surface area (Å²) in [6, 6.07) is 30.1. The zero-order valence-corrected chi connectivity index (χ0v) is 17.3. The van der Waals surface area contributed by atoms with E-state index >= 15 is 0 Å². The largest absolute Gasteiger partial charge is 0.480 e. The Balaban J connectivity index is 1.51. The molecule has 0 saturated carbocycles. The first kappa shape index (κ1) is 19.8. The third-order valence-corrected chi connectivity index (χ3v) is 5.91. The van der Waals surface area contributed by atoms with Crippen molar-refractivity contribution >= 4 is 44.2 Å². The zero-order valence-electron chi connectivity index (χ0n) is 17.3. The molecule has 0 spiro atoms. The number of benzene rings is 5. The standard InChI is InChI=1S/C28H21NO3/c30-27(22-14-13-18-7-1-2-8-19(18)15-22)29-26(28(31)32)17-25-23-11-5-3-9-20(23)16-21-10-4-6-12-24(21)25/h1-16,26H,17H2,(H,29,30)(H,31,32)/t26-/m0/s1. The molecule has 4 nitrogen and oxygen atoms in total. The first-order valence-electron chi connectivity index (χ1n) is 10.5. The van der Waals surface area contributed by atoms with Gasteiger partial charge in [0.15, 0.2) is 0 Å². The highest BCUT2D eigenvalue weighted by molar-refractivity contribution is 6.03. The predicted molar refractivity (Wildman–Crippen MR) is 128 cm³/mol. The van der Waals surface area contributed by atoms with E-state index in [2.05, 4.69) is 11.4 Å². The first-order chi connectivity index (χ1) is 15.6. The predicted octanol–water partition coefficient (Wildman–Crippen LogP) is 5.57. The Hall–Kier alpha value is -4.18. The Kier molecular flexibility index (Phi) is 5.04. The summed E-state index contributed by atoms with van der Waals surface area (Å²) in [6.07, 6.45) is 0.191. The van der Waals surface area contributed by atoms with Crippen LogP contribution >= 0.6 is 0 Å². The molecule has 5 aromatic rings. The number of hydrogen-bond acceptors (Lipinski definition) is 2. The molecule has 0 saturated heterocycles. The van der Waals surface area contributed by atoms with E-state index in [1.54, 1.807) is 12.1 Å². The lowest BCUT2D eigenvalue weighted by Crippen LogP contribution is -2.42. The summed E-state index contributed by atoms with van der Waals surface area (Å²) < 4.78 is 0. The zero-order chi connectivity index (χ0) is 22.1. The summed E-state index contributed by atoms with van der Waals surface area (Å²) in [5.41, 5.74) is 1.36. The maximum atomic E-state index is 12.9. The fourth-order valence-electron chi connectivity index (χ4n) is 4.30. The topological polar surface area (TPSA) is 66.4 Å². The minimum atomic E-state index is -1.06. The molecule has 0 radical (unpaired) electrons. The van der Waals surface area contributed by atoms with Gasteiger partial charge in [-0.05, 0) is 56.1 Å². The molecule has 0 aliphatic heterocycles. The van der Waals surface area contributed by atoms with Crippen molar-refractivity contribution in [3.63, 3.8) is 0 Å². The highest BCUT2D eigenvalue weighted by atomic mass is 16.4. The molecule has 2 N–H and O–H groups in total. The Bertz CT molecular complexity index is 1430. The van der Waals surface area contributed by atoms with Crippen LogP contribution in [0.5, 0.6) is 0 Å². The fraction of sp³-hybridized carbons (Fsp3) is 0.0714. The van der Waals surface area contributed by atoms with Gasteiger partial charge in [-0.15, -0.1) is 0 Å². The Labute approximate surface area is 185 Å². The summed E-state index contributed by atoms with van der Waals surface area (Å²) in [6.45, 7) is 0. The third-order valence-electron chi connectivity index (χ3n) is 5.91. The second-order valence-corrected chi connectivity index (χ2v) is 7.93. The summed E-state index contributed by atoms with van der Waals surface area (Å²) in [7, 11) is 0. The molecule has 0 aliphatic carbocycles. The molecule has 0 heterocycles. The van der Waals surface area contributed by atoms with Gasteiger partial charge < -0.3 is 10.4 Å². The monoisotopic (exact) mass is 419 g/mol. The van der Waals surface area contributed by atoms with Crippen molar-refractivity contribution in [2.45, 2.75) is 12.5 Å². The number of carbonyl (C=O) groups is 2. The van der Waals surface area contributed by atoms with Gasteiger partial charge in [-0.25, -0.2) is 4.79 Å². The van der Waals surface area contributed by atoms with E-state index in [4.69, 9.17) is 0 Å². The van der Waals surface area contributed by atoms with Crippen molar-refractivity contribution in [3.8, 4) is 0 Å². The van der Waals surface area contributed by atoms with E-state index < -0.39 is 17.9 Å². The maximum absolute atomic E-state index is 12.9. The van der Waals surface area contributed by atoms with Crippen LogP contribution in [-0.4, -0.2) is 23.0 Å². The average molecular weight is 419 g/mol. The lowest BCUT2D eigenvalue weighted by atomic mass is 9.92. The van der Waals surface area contributed by atoms with Crippen molar-refractivity contribution < 1.29 is 14.7 Å². The van der Waals surface area contributed by atoms with Crippen LogP contribution in [0.2, 0.25) is 0 Å². The van der Waals surface area contributed by atoms with Crippen molar-refractivity contribution in [2.24, 2.45) is 0 Å². The Morgan fingerprint density at radius 3 is 1.88 bits per heavy atom. The number of rotatable bonds is 5. The second-order valence-electron chi connectivity index (χ2n) is 7.93. The molecule has 32 heavy (non-hydrogen) atoms. The lowest BCUT2D eigenvalue weighted by molar-refractivity contribution is -0.139. The molecule has 0 bridgehead atoms. The normalized spacial score (nSPS) is 12.1. The molecule has 0 aromatic heterocycles. The van der Waals surface area contributed by atoms with Crippen LogP contribution in [0.4, 0.5) is 0 Å². The van der Waals surface area contributed by atoms with Gasteiger partial charge in [0.2, 0.25) is 0 Å². The van der Waals surface area contributed by atoms with Crippen molar-refractivity contribution in [1.82, 2.24) is 5.32 Å². The number of nitrogens with one attached hydrogen (secondary N) is 1. The highest BCUT2D eigenvalue weighted by Gasteiger charge is 2.23. The van der Waals surface area contributed by atoms with Crippen LogP contribution in [0, 0.1) is 0 Å². The molecule has 0 fully saturated rings. The minimum Gasteiger partial charge on any atom is -0.480 e. The van der Waals surface area contributed by atoms with Gasteiger partial charge in [0, 0.05) is 12.0 Å². The minimum absolute atomic E-state index is 0.191. The molecule has 156 valence electrons. The van der Waals surface area contributed by atoms with E-state index in [0.29, 0.717) is 5.56 Å². The molecule has 0 unspecified atom stereocenters. The van der Waals surface area contributed by atoms with Crippen molar-refractivity contribution in [2.75, 3.05) is 0 Å². The van der Waals surface area contributed by atoms with E-state index in [1.165, 1.54) is 0 Å². The van der Waals surface area contributed by atoms with Gasteiger partial charge in [0.25, 0.3) is 5.91 Å². The number of amides is 1. The second kappa shape index (κ2) is 8.16. The average Bonchev–Trinajstić information content (AvgIpc) is 2.82. The van der Waals surface area contributed by atoms with Gasteiger partial charge in [0.1, 0.15) is 6.04 Å². The highest BCUT2D eigenvalue weighted by Crippen LogP contribution is 2.29. The summed E-state index contributed by atoms with van der Waals surface area (Å²) in [4.78, 5) is 25.1. The van der Waals surface area contributed by atoms with Gasteiger partial charge >= 0.3 is 5.97 Å². The summed E-state index contributed by atoms with van der Waals surface area (Å²) in [5, 5.41) is 18.7. The van der Waals surface area contributed by atoms with Crippen LogP contribution in [0.15, 0.2) is 97.1 Å². The summed E-state index contributed by atoms with van der Waals surface area (Å²) >= 11 is 0. The molecule has 4 heteroatoms. The lowest BCUT2D eigenvalue weighted by Gasteiger charge is -2.18. The van der Waals surface area contributed by atoms with Crippen molar-refractivity contribution in [3.05, 3.63) is 108 Å². The van der Waals surface area contributed by atoms with Gasteiger partial charge in [-0.3, -0.25) is 4.79 Å². The van der Waals surface area contributed by atoms with Crippen LogP contribution in [0.1, 0.15) is 15.9 Å². The number of fused-ring (bicyclic) bond motifs is 3. The van der Waals surface area contributed by atoms with Crippen molar-refractivity contribution in [1.29, 1.82) is 0 Å². The number of hydrogen-bond donors (Lipinski definition) is 2. The quantitative estimate of drug-likeness (QED) is 0.366. The van der Waals surface area contributed by atoms with E-state index in [1.807, 2.05) is 78.9 Å². The Morgan fingerprint density at radius 1 is 0.688 bits per heavy atom. The molecular formula is C28H21NO3. The smallest absolute Gasteiger partial charge is 0.326 e. The number of aliphatic carboxylic acids is 1. The van der Waals surface area contributed by atoms with E-state index in [0.717, 1.165) is 37.9 Å². The number of carbonyl (C=O) groups excluding carboxylic acids is 1. The van der Waals surface area contributed by atoms with Crippen LogP contribution in [0.25, 0.3) is 32.3 Å². The summed E-state index contributed by atoms with van der Waals surface area (Å²) in [5.74, 6) is -1.45. The maximum Gasteiger partial charge on any atom is 0.326 e. The van der Waals surface area contributed by atoms with E-state index in [-0.39, 0.29) is 6.42 Å². The number of carboxylic acids is 1. The van der Waals surface area contributed by atoms with Crippen LogP contribution < -0.4 is 5.32 Å². The third kappa shape index (κ3) is 3.67. The van der Waals surface area contributed by atoms with Crippen LogP contribution in [0.3, 0.4) is 0 Å². The first-order valence-corrected chi connectivity index (χ1v) is 10.5. The number of carboxylic acid groups (broad SMARTS) is 1. The molecule has 1 atom stereocenters. The molecule has 5 rings (SSSR count). The molecular weight excluding hydrogens is 398 g/mol. The molecule has 5 aromatic carbocycles. The van der Waals surface area contributed by atoms with Gasteiger partial charge in [0.05, 0.1) is 0 Å². The molecule has 0 aliphatic rings. The van der Waals surface area contributed by atoms with Gasteiger partial charge in [-0.2, -0.15) is 0 Å². The molecule has 1 amide bonds. The van der Waals surface area contributed by atoms with Gasteiger partial charge in [-0.1, -0.05) is 78.9 Å². The fourth-order valence-corrected chi connectivity index (χ4v) is 4.30. The Morgan fingerprint density at radius 2 is 1.25 bits per heavy atom. The van der Waals surface area contributed by atoms with Crippen LogP contribution in [-0.2, 0) is 11.2 Å². The SMILES string of the molecule is O=C(N[C@@H](Cc1c2ccccc2cc2ccccc12)C(=O)O)c1ccc2ccccc2c1.